The molecule has 0 aromatic carbocycles. The van der Waals surface area contributed by atoms with Gasteiger partial charge in [-0.15, -0.1) is 0 Å². The zero-order valence-corrected chi connectivity index (χ0v) is 34.4. The zero-order chi connectivity index (χ0) is 38.1. The molecule has 0 saturated carbocycles. The van der Waals surface area contributed by atoms with Crippen LogP contribution < -0.4 is 5.73 Å². The summed E-state index contributed by atoms with van der Waals surface area (Å²) >= 11 is 0. The van der Waals surface area contributed by atoms with Gasteiger partial charge in [0.15, 0.2) is 0 Å². The Morgan fingerprint density at radius 3 is 1.58 bits per heavy atom. The van der Waals surface area contributed by atoms with Crippen molar-refractivity contribution in [1.29, 1.82) is 0 Å². The molecule has 0 aliphatic rings. The highest BCUT2D eigenvalue weighted by Crippen LogP contribution is 2.43. The summed E-state index contributed by atoms with van der Waals surface area (Å²) in [4.78, 5) is 22.4. The Hall–Kier alpha value is -1.54. The Bertz CT molecular complexity index is 936. The van der Waals surface area contributed by atoms with Crippen LogP contribution in [0.5, 0.6) is 0 Å². The second-order valence-electron chi connectivity index (χ2n) is 13.8. The fourth-order valence-corrected chi connectivity index (χ4v) is 6.46. The Morgan fingerprint density at radius 2 is 1.08 bits per heavy atom. The summed E-state index contributed by atoms with van der Waals surface area (Å²) in [5.74, 6) is -0.369. The number of rotatable bonds is 40. The number of carbonyl (C=O) groups is 1. The van der Waals surface area contributed by atoms with E-state index < -0.39 is 13.9 Å². The van der Waals surface area contributed by atoms with Crippen LogP contribution in [0.3, 0.4) is 0 Å². The number of phosphoric ester groups is 1. The molecule has 0 bridgehead atoms. The number of allylic oxidation sites excluding steroid dienone is 8. The minimum Gasteiger partial charge on any atom is -0.457 e. The fourth-order valence-electron chi connectivity index (χ4n) is 5.69. The minimum absolute atomic E-state index is 0.0930. The van der Waals surface area contributed by atoms with Crippen LogP contribution in [-0.4, -0.2) is 49.9 Å². The van der Waals surface area contributed by atoms with Crippen molar-refractivity contribution in [2.45, 2.75) is 187 Å². The standard InChI is InChI=1S/C43H80NO7P/c1-3-5-7-9-11-13-15-17-19-20-21-23-25-27-29-31-33-35-38-48-40-42(41-50-52(46,47)49-39-37-44)51-43(45)36-34-32-30-28-26-24-22-18-16-14-12-10-8-6-4-2/h6,8,12,14,18,22,26,28,42H,3-5,7,9-11,13,15-17,19-21,23-25,27,29-41,44H2,1-2H3,(H,46,47)/b8-6-,14-12-,22-18-,28-26-. The zero-order valence-electron chi connectivity index (χ0n) is 33.5. The van der Waals surface area contributed by atoms with Crippen molar-refractivity contribution >= 4 is 13.8 Å². The summed E-state index contributed by atoms with van der Waals surface area (Å²) < 4.78 is 33.4. The van der Waals surface area contributed by atoms with E-state index in [0.717, 1.165) is 51.4 Å². The van der Waals surface area contributed by atoms with Gasteiger partial charge in [-0.1, -0.05) is 172 Å². The highest BCUT2D eigenvalue weighted by atomic mass is 31.2. The third-order valence-corrected chi connectivity index (χ3v) is 9.74. The average Bonchev–Trinajstić information content (AvgIpc) is 3.13. The molecule has 0 aromatic heterocycles. The molecule has 0 radical (unpaired) electrons. The van der Waals surface area contributed by atoms with E-state index in [0.29, 0.717) is 13.0 Å². The van der Waals surface area contributed by atoms with Crippen molar-refractivity contribution in [3.63, 3.8) is 0 Å². The lowest BCUT2D eigenvalue weighted by Gasteiger charge is -2.20. The maximum atomic E-state index is 12.5. The molecule has 0 aliphatic heterocycles. The van der Waals surface area contributed by atoms with Crippen molar-refractivity contribution in [3.05, 3.63) is 48.6 Å². The van der Waals surface area contributed by atoms with Crippen molar-refractivity contribution in [1.82, 2.24) is 0 Å². The van der Waals surface area contributed by atoms with Crippen LogP contribution in [0.15, 0.2) is 48.6 Å². The smallest absolute Gasteiger partial charge is 0.457 e. The van der Waals surface area contributed by atoms with Crippen LogP contribution in [0.25, 0.3) is 0 Å². The second kappa shape index (κ2) is 40.6. The van der Waals surface area contributed by atoms with E-state index in [2.05, 4.69) is 62.5 Å². The molecule has 3 N–H and O–H groups in total. The molecule has 0 heterocycles. The van der Waals surface area contributed by atoms with E-state index >= 15 is 0 Å². The van der Waals surface area contributed by atoms with Crippen LogP contribution >= 0.6 is 7.82 Å². The lowest BCUT2D eigenvalue weighted by Crippen LogP contribution is -2.28. The molecule has 52 heavy (non-hydrogen) atoms. The van der Waals surface area contributed by atoms with Crippen LogP contribution in [-0.2, 0) is 27.9 Å². The molecule has 2 atom stereocenters. The van der Waals surface area contributed by atoms with E-state index in [-0.39, 0.29) is 38.8 Å². The highest BCUT2D eigenvalue weighted by Gasteiger charge is 2.25. The number of phosphoric acid groups is 1. The first-order valence-electron chi connectivity index (χ1n) is 21.1. The number of unbranched alkanes of at least 4 members (excludes halogenated alkanes) is 19. The molecule has 0 aromatic rings. The van der Waals surface area contributed by atoms with E-state index in [4.69, 9.17) is 24.3 Å². The van der Waals surface area contributed by atoms with Crippen LogP contribution in [0.4, 0.5) is 0 Å². The Labute approximate surface area is 320 Å². The lowest BCUT2D eigenvalue weighted by atomic mass is 10.0. The average molecular weight is 754 g/mol. The van der Waals surface area contributed by atoms with Crippen LogP contribution in [0.2, 0.25) is 0 Å². The number of nitrogens with two attached hydrogens (primary N) is 1. The number of ether oxygens (including phenoxy) is 2. The van der Waals surface area contributed by atoms with Gasteiger partial charge in [0.25, 0.3) is 0 Å². The first-order valence-corrected chi connectivity index (χ1v) is 22.6. The maximum absolute atomic E-state index is 12.5. The van der Waals surface area contributed by atoms with Crippen molar-refractivity contribution in [3.8, 4) is 0 Å². The van der Waals surface area contributed by atoms with Gasteiger partial charge >= 0.3 is 13.8 Å². The number of hydrogen-bond donors (Lipinski definition) is 2. The first kappa shape index (κ1) is 50.5. The second-order valence-corrected chi connectivity index (χ2v) is 15.3. The van der Waals surface area contributed by atoms with Gasteiger partial charge in [0, 0.05) is 19.6 Å². The van der Waals surface area contributed by atoms with E-state index in [1.807, 2.05) is 0 Å². The number of hydrogen-bond acceptors (Lipinski definition) is 7. The molecule has 0 amide bonds. The van der Waals surface area contributed by atoms with Crippen molar-refractivity contribution in [2.24, 2.45) is 5.73 Å². The minimum atomic E-state index is -4.29. The normalized spacial score (nSPS) is 14.0. The molecule has 0 aliphatic carbocycles. The monoisotopic (exact) mass is 754 g/mol. The van der Waals surface area contributed by atoms with E-state index in [1.165, 1.54) is 103 Å². The van der Waals surface area contributed by atoms with Gasteiger partial charge in [0.1, 0.15) is 6.10 Å². The number of carbonyl (C=O) groups excluding carboxylic acids is 1. The molecule has 0 spiro atoms. The van der Waals surface area contributed by atoms with Gasteiger partial charge in [-0.25, -0.2) is 4.57 Å². The first-order chi connectivity index (χ1) is 25.4. The summed E-state index contributed by atoms with van der Waals surface area (Å²) in [5, 5.41) is 0. The van der Waals surface area contributed by atoms with Crippen LogP contribution in [0.1, 0.15) is 181 Å². The van der Waals surface area contributed by atoms with Gasteiger partial charge in [-0.3, -0.25) is 13.8 Å². The molecule has 304 valence electrons. The Kier molecular flexibility index (Phi) is 39.4. The molecule has 2 unspecified atom stereocenters. The van der Waals surface area contributed by atoms with Gasteiger partial charge in [-0.2, -0.15) is 0 Å². The molecule has 0 saturated heterocycles. The van der Waals surface area contributed by atoms with Gasteiger partial charge in [0.2, 0.25) is 0 Å². The highest BCUT2D eigenvalue weighted by molar-refractivity contribution is 7.47. The van der Waals surface area contributed by atoms with Crippen molar-refractivity contribution < 1.29 is 32.8 Å². The van der Waals surface area contributed by atoms with Gasteiger partial charge < -0.3 is 20.1 Å². The molecule has 0 fully saturated rings. The summed E-state index contributed by atoms with van der Waals surface area (Å²) in [5.41, 5.74) is 5.36. The third-order valence-electron chi connectivity index (χ3n) is 8.76. The molecule has 9 heteroatoms. The molecular formula is C43H80NO7P. The predicted molar refractivity (Wildman–Crippen MR) is 219 cm³/mol. The lowest BCUT2D eigenvalue weighted by molar-refractivity contribution is -0.154. The number of esters is 1. The molecular weight excluding hydrogens is 673 g/mol. The summed E-state index contributed by atoms with van der Waals surface area (Å²) in [7, 11) is -4.29. The van der Waals surface area contributed by atoms with E-state index in [9.17, 15) is 14.3 Å². The summed E-state index contributed by atoms with van der Waals surface area (Å²) in [6.07, 6.45) is 47.1. The van der Waals surface area contributed by atoms with Gasteiger partial charge in [0.05, 0.1) is 19.8 Å². The van der Waals surface area contributed by atoms with E-state index in [1.54, 1.807) is 0 Å². The SMILES string of the molecule is CC/C=C\C/C=C\C/C=C\C/C=C\CCCCC(=O)OC(COCCCCCCCCCCCCCCCCCCCC)COP(=O)(O)OCCN. The third kappa shape index (κ3) is 39.7. The summed E-state index contributed by atoms with van der Waals surface area (Å²) in [6, 6.07) is 0. The maximum Gasteiger partial charge on any atom is 0.472 e. The topological polar surface area (TPSA) is 117 Å². The fraction of sp³-hybridized carbons (Fsp3) is 0.791. The predicted octanol–water partition coefficient (Wildman–Crippen LogP) is 12.4. The van der Waals surface area contributed by atoms with Gasteiger partial charge in [-0.05, 0) is 51.4 Å². The quantitative estimate of drug-likeness (QED) is 0.0275. The largest absolute Gasteiger partial charge is 0.472 e. The van der Waals surface area contributed by atoms with Crippen molar-refractivity contribution in [2.75, 3.05) is 33.0 Å². The molecule has 8 nitrogen and oxygen atoms in total. The summed E-state index contributed by atoms with van der Waals surface area (Å²) in [6.45, 7) is 4.76. The van der Waals surface area contributed by atoms with Crippen LogP contribution in [0, 0.1) is 0 Å². The molecule has 0 rings (SSSR count). The Balaban J connectivity index is 4.08. The Morgan fingerprint density at radius 1 is 0.596 bits per heavy atom.